The standard InChI is InChI=1S/C14H14/c1-3-7-11-10-12-8-5-6-9-14(12)13(11)4-2/h3-9H,1,10H2,2H3/b11-7-,13-4+. The molecule has 0 saturated heterocycles. The Morgan fingerprint density at radius 3 is 2.79 bits per heavy atom. The average molecular weight is 182 g/mol. The van der Waals surface area contributed by atoms with Gasteiger partial charge in [-0.1, -0.05) is 49.1 Å². The Balaban J connectivity index is 2.55. The van der Waals surface area contributed by atoms with E-state index >= 15 is 0 Å². The number of rotatable bonds is 1. The van der Waals surface area contributed by atoms with Crippen LogP contribution in [0.15, 0.2) is 54.6 Å². The van der Waals surface area contributed by atoms with Crippen LogP contribution >= 0.6 is 0 Å². The summed E-state index contributed by atoms with van der Waals surface area (Å²) in [6, 6.07) is 8.58. The van der Waals surface area contributed by atoms with E-state index in [2.05, 4.69) is 49.9 Å². The molecule has 0 heterocycles. The molecule has 14 heavy (non-hydrogen) atoms. The van der Waals surface area contributed by atoms with Crippen molar-refractivity contribution in [1.82, 2.24) is 0 Å². The molecule has 0 fully saturated rings. The molecule has 0 heteroatoms. The third-order valence-corrected chi connectivity index (χ3v) is 2.64. The summed E-state index contributed by atoms with van der Waals surface area (Å²) in [6.45, 7) is 5.84. The molecule has 1 aromatic carbocycles. The lowest BCUT2D eigenvalue weighted by molar-refractivity contribution is 1.27. The molecule has 0 spiro atoms. The lowest BCUT2D eigenvalue weighted by atomic mass is 10.1. The van der Waals surface area contributed by atoms with Crippen molar-refractivity contribution >= 4 is 5.57 Å². The van der Waals surface area contributed by atoms with Crippen molar-refractivity contribution in [3.8, 4) is 0 Å². The third kappa shape index (κ3) is 1.33. The molecule has 1 aliphatic carbocycles. The predicted molar refractivity (Wildman–Crippen MR) is 62.1 cm³/mol. The number of hydrogen-bond acceptors (Lipinski definition) is 0. The van der Waals surface area contributed by atoms with Gasteiger partial charge in [-0.25, -0.2) is 0 Å². The summed E-state index contributed by atoms with van der Waals surface area (Å²) in [7, 11) is 0. The molecule has 0 aliphatic heterocycles. The molecule has 2 rings (SSSR count). The summed E-state index contributed by atoms with van der Waals surface area (Å²) < 4.78 is 0. The highest BCUT2D eigenvalue weighted by molar-refractivity contribution is 5.86. The zero-order valence-corrected chi connectivity index (χ0v) is 8.46. The van der Waals surface area contributed by atoms with Gasteiger partial charge in [0.1, 0.15) is 0 Å². The van der Waals surface area contributed by atoms with Crippen molar-refractivity contribution in [3.63, 3.8) is 0 Å². The molecule has 0 aromatic heterocycles. The number of hydrogen-bond donors (Lipinski definition) is 0. The monoisotopic (exact) mass is 182 g/mol. The highest BCUT2D eigenvalue weighted by atomic mass is 14.2. The minimum atomic E-state index is 1.04. The minimum absolute atomic E-state index is 1.04. The number of benzene rings is 1. The largest absolute Gasteiger partial charge is 0.0991 e. The molecule has 0 bridgehead atoms. The Morgan fingerprint density at radius 1 is 1.29 bits per heavy atom. The summed E-state index contributed by atoms with van der Waals surface area (Å²) in [5, 5.41) is 0. The highest BCUT2D eigenvalue weighted by Gasteiger charge is 2.18. The second kappa shape index (κ2) is 3.67. The summed E-state index contributed by atoms with van der Waals surface area (Å²) in [5.41, 5.74) is 5.54. The van der Waals surface area contributed by atoms with Gasteiger partial charge in [0.25, 0.3) is 0 Å². The predicted octanol–water partition coefficient (Wildman–Crippen LogP) is 3.76. The lowest BCUT2D eigenvalue weighted by Gasteiger charge is -1.99. The Morgan fingerprint density at radius 2 is 2.07 bits per heavy atom. The molecular weight excluding hydrogens is 168 g/mol. The normalized spacial score (nSPS) is 20.1. The van der Waals surface area contributed by atoms with Crippen LogP contribution in [0.2, 0.25) is 0 Å². The molecule has 0 unspecified atom stereocenters. The van der Waals surface area contributed by atoms with Crippen LogP contribution in [0.5, 0.6) is 0 Å². The zero-order chi connectivity index (χ0) is 9.97. The van der Waals surface area contributed by atoms with E-state index in [0.717, 1.165) is 6.42 Å². The summed E-state index contributed by atoms with van der Waals surface area (Å²) in [6.07, 6.45) is 7.20. The van der Waals surface area contributed by atoms with Crippen molar-refractivity contribution in [1.29, 1.82) is 0 Å². The second-order valence-electron chi connectivity index (χ2n) is 3.46. The van der Waals surface area contributed by atoms with Crippen molar-refractivity contribution in [2.45, 2.75) is 13.3 Å². The first kappa shape index (κ1) is 9.01. The van der Waals surface area contributed by atoms with E-state index < -0.39 is 0 Å². The van der Waals surface area contributed by atoms with Gasteiger partial charge in [0.2, 0.25) is 0 Å². The zero-order valence-electron chi connectivity index (χ0n) is 8.46. The fourth-order valence-corrected chi connectivity index (χ4v) is 2.04. The fraction of sp³-hybridized carbons (Fsp3) is 0.143. The average Bonchev–Trinajstić information content (AvgIpc) is 2.55. The first-order chi connectivity index (χ1) is 6.86. The van der Waals surface area contributed by atoms with Crippen LogP contribution in [0, 0.1) is 0 Å². The molecule has 70 valence electrons. The van der Waals surface area contributed by atoms with Gasteiger partial charge in [-0.2, -0.15) is 0 Å². The number of allylic oxidation sites excluding steroid dienone is 5. The van der Waals surface area contributed by atoms with Gasteiger partial charge in [0, 0.05) is 0 Å². The molecule has 1 aromatic rings. The van der Waals surface area contributed by atoms with E-state index in [4.69, 9.17) is 0 Å². The second-order valence-corrected chi connectivity index (χ2v) is 3.46. The van der Waals surface area contributed by atoms with Gasteiger partial charge in [0.05, 0.1) is 0 Å². The van der Waals surface area contributed by atoms with E-state index in [-0.39, 0.29) is 0 Å². The Kier molecular flexibility index (Phi) is 2.36. The maximum absolute atomic E-state index is 3.75. The van der Waals surface area contributed by atoms with E-state index in [1.165, 1.54) is 22.3 Å². The van der Waals surface area contributed by atoms with Gasteiger partial charge in [-0.15, -0.1) is 0 Å². The smallest absolute Gasteiger partial charge is 0.00136 e. The van der Waals surface area contributed by atoms with Crippen LogP contribution in [0.3, 0.4) is 0 Å². The molecule has 0 N–H and O–H groups in total. The molecule has 0 saturated carbocycles. The first-order valence-electron chi connectivity index (χ1n) is 4.93. The van der Waals surface area contributed by atoms with Gasteiger partial charge in [0.15, 0.2) is 0 Å². The van der Waals surface area contributed by atoms with Gasteiger partial charge in [-0.05, 0) is 35.6 Å². The number of fused-ring (bicyclic) bond motifs is 1. The Labute approximate surface area is 85.3 Å². The third-order valence-electron chi connectivity index (χ3n) is 2.64. The summed E-state index contributed by atoms with van der Waals surface area (Å²) >= 11 is 0. The quantitative estimate of drug-likeness (QED) is 0.620. The van der Waals surface area contributed by atoms with E-state index in [1.807, 2.05) is 6.08 Å². The van der Waals surface area contributed by atoms with Gasteiger partial charge in [-0.3, -0.25) is 0 Å². The van der Waals surface area contributed by atoms with Gasteiger partial charge >= 0.3 is 0 Å². The van der Waals surface area contributed by atoms with Crippen molar-refractivity contribution in [2.75, 3.05) is 0 Å². The molecular formula is C14H14. The van der Waals surface area contributed by atoms with Gasteiger partial charge < -0.3 is 0 Å². The lowest BCUT2D eigenvalue weighted by Crippen LogP contribution is -1.78. The fourth-order valence-electron chi connectivity index (χ4n) is 2.04. The topological polar surface area (TPSA) is 0 Å². The van der Waals surface area contributed by atoms with Crippen LogP contribution < -0.4 is 0 Å². The summed E-state index contributed by atoms with van der Waals surface area (Å²) in [5.74, 6) is 0. The first-order valence-corrected chi connectivity index (χ1v) is 4.93. The van der Waals surface area contributed by atoms with Crippen molar-refractivity contribution in [3.05, 3.63) is 65.8 Å². The van der Waals surface area contributed by atoms with Crippen LogP contribution in [-0.4, -0.2) is 0 Å². The highest BCUT2D eigenvalue weighted by Crippen LogP contribution is 2.36. The van der Waals surface area contributed by atoms with Crippen molar-refractivity contribution < 1.29 is 0 Å². The Hall–Kier alpha value is -1.56. The SMILES string of the molecule is C=C/C=C1/Cc2ccccc2/C1=C/C. The molecule has 0 atom stereocenters. The molecule has 0 amide bonds. The summed E-state index contributed by atoms with van der Waals surface area (Å²) in [4.78, 5) is 0. The van der Waals surface area contributed by atoms with Crippen molar-refractivity contribution in [2.24, 2.45) is 0 Å². The van der Waals surface area contributed by atoms with E-state index in [1.54, 1.807) is 0 Å². The van der Waals surface area contributed by atoms with Crippen LogP contribution in [0.1, 0.15) is 18.1 Å². The van der Waals surface area contributed by atoms with E-state index in [9.17, 15) is 0 Å². The van der Waals surface area contributed by atoms with Crippen LogP contribution in [0.25, 0.3) is 5.57 Å². The van der Waals surface area contributed by atoms with Crippen LogP contribution in [-0.2, 0) is 6.42 Å². The van der Waals surface area contributed by atoms with E-state index in [0.29, 0.717) is 0 Å². The maximum atomic E-state index is 3.75. The molecule has 0 radical (unpaired) electrons. The van der Waals surface area contributed by atoms with Crippen LogP contribution in [0.4, 0.5) is 0 Å². The molecule has 0 nitrogen and oxygen atoms in total. The Bertz CT molecular complexity index is 419. The molecule has 1 aliphatic rings. The maximum Gasteiger partial charge on any atom is -0.00136 e. The minimum Gasteiger partial charge on any atom is -0.0991 e.